The Morgan fingerprint density at radius 1 is 1.08 bits per heavy atom. The molecule has 0 atom stereocenters. The highest BCUT2D eigenvalue weighted by Crippen LogP contribution is 2.36. The summed E-state index contributed by atoms with van der Waals surface area (Å²) in [5, 5.41) is 4.30. The monoisotopic (exact) mass is 509 g/mol. The topological polar surface area (TPSA) is 150 Å². The molecule has 3 aromatic heterocycles. The van der Waals surface area contributed by atoms with E-state index in [2.05, 4.69) is 5.10 Å². The van der Waals surface area contributed by atoms with Crippen molar-refractivity contribution in [2.75, 3.05) is 13.4 Å². The van der Waals surface area contributed by atoms with E-state index >= 15 is 0 Å². The number of amides is 1. The summed E-state index contributed by atoms with van der Waals surface area (Å²) < 4.78 is 22.4. The largest absolute Gasteiger partial charge is 0.467 e. The number of aromatic nitrogens is 6. The molecular formula is C24H27N7O6. The van der Waals surface area contributed by atoms with Gasteiger partial charge in [0.05, 0.1) is 5.69 Å². The molecule has 2 N–H and O–H groups in total. The maximum atomic E-state index is 13.8. The van der Waals surface area contributed by atoms with Crippen molar-refractivity contribution in [1.29, 1.82) is 0 Å². The van der Waals surface area contributed by atoms with Crippen LogP contribution in [0.2, 0.25) is 0 Å². The minimum absolute atomic E-state index is 0.0952. The van der Waals surface area contributed by atoms with Crippen molar-refractivity contribution in [1.82, 2.24) is 28.5 Å². The lowest BCUT2D eigenvalue weighted by molar-refractivity contribution is -0.120. The van der Waals surface area contributed by atoms with Crippen molar-refractivity contribution >= 4 is 17.1 Å². The van der Waals surface area contributed by atoms with E-state index in [9.17, 15) is 14.4 Å². The maximum absolute atomic E-state index is 13.8. The van der Waals surface area contributed by atoms with Gasteiger partial charge in [0.1, 0.15) is 5.69 Å². The van der Waals surface area contributed by atoms with Crippen LogP contribution < -0.4 is 31.2 Å². The van der Waals surface area contributed by atoms with Gasteiger partial charge in [-0.2, -0.15) is 0 Å². The fourth-order valence-corrected chi connectivity index (χ4v) is 4.40. The third kappa shape index (κ3) is 4.11. The molecule has 1 amide bonds. The van der Waals surface area contributed by atoms with Crippen molar-refractivity contribution in [2.24, 2.45) is 12.8 Å². The molecule has 0 radical (unpaired) electrons. The van der Waals surface area contributed by atoms with Crippen molar-refractivity contribution in [3.8, 4) is 34.6 Å². The van der Waals surface area contributed by atoms with Crippen LogP contribution in [0.4, 0.5) is 0 Å². The fraction of sp³-hybridized carbons (Fsp3) is 0.375. The number of carbonyl (C=O) groups excluding carboxylic acids is 1. The summed E-state index contributed by atoms with van der Waals surface area (Å²) in [5.41, 5.74) is 5.94. The molecule has 0 bridgehead atoms. The molecule has 5 rings (SSSR count). The lowest BCUT2D eigenvalue weighted by Crippen LogP contribution is -2.40. The molecule has 4 aromatic rings. The second kappa shape index (κ2) is 9.48. The van der Waals surface area contributed by atoms with Gasteiger partial charge < -0.3 is 19.9 Å². The van der Waals surface area contributed by atoms with Crippen LogP contribution in [0.1, 0.15) is 26.7 Å². The summed E-state index contributed by atoms with van der Waals surface area (Å²) in [6.07, 6.45) is 1.28. The van der Waals surface area contributed by atoms with E-state index in [1.807, 2.05) is 13.8 Å². The number of aryl methyl sites for hydroxylation is 2. The standard InChI is InChI=1S/C24H27N7O6/c1-4-8-29-22-20(23(33)30(9-5-2)24(29)34)31(14-6-7-16-17(10-14)37-13-36-16)21(26-22)15-11-19(27-28(15)3)35-12-18(25)32/h6-7,10-11H,4-5,8-9,12-13H2,1-3H3,(H2,25,32). The van der Waals surface area contributed by atoms with Crippen LogP contribution in [-0.2, 0) is 24.9 Å². The first kappa shape index (κ1) is 24.2. The van der Waals surface area contributed by atoms with Crippen LogP contribution in [0.5, 0.6) is 17.4 Å². The molecule has 0 spiro atoms. The molecule has 0 saturated heterocycles. The zero-order valence-corrected chi connectivity index (χ0v) is 20.8. The first-order chi connectivity index (χ1) is 17.8. The molecule has 37 heavy (non-hydrogen) atoms. The zero-order chi connectivity index (χ0) is 26.3. The van der Waals surface area contributed by atoms with E-state index in [-0.39, 0.29) is 37.0 Å². The Labute approximate surface area is 210 Å². The van der Waals surface area contributed by atoms with E-state index in [4.69, 9.17) is 24.9 Å². The third-order valence-corrected chi connectivity index (χ3v) is 5.98. The highest BCUT2D eigenvalue weighted by molar-refractivity contribution is 5.80. The van der Waals surface area contributed by atoms with Crippen molar-refractivity contribution < 1.29 is 19.0 Å². The maximum Gasteiger partial charge on any atom is 0.332 e. The summed E-state index contributed by atoms with van der Waals surface area (Å²) in [6.45, 7) is 4.27. The summed E-state index contributed by atoms with van der Waals surface area (Å²) in [4.78, 5) is 43.1. The molecule has 1 aromatic carbocycles. The predicted molar refractivity (Wildman–Crippen MR) is 133 cm³/mol. The third-order valence-electron chi connectivity index (χ3n) is 5.98. The molecule has 194 valence electrons. The molecule has 13 heteroatoms. The van der Waals surface area contributed by atoms with E-state index in [0.29, 0.717) is 48.1 Å². The molecule has 1 aliphatic heterocycles. The fourth-order valence-electron chi connectivity index (χ4n) is 4.40. The Balaban J connectivity index is 1.84. The van der Waals surface area contributed by atoms with Crippen molar-refractivity contribution in [3.05, 3.63) is 45.1 Å². The lowest BCUT2D eigenvalue weighted by Gasteiger charge is -2.12. The van der Waals surface area contributed by atoms with Gasteiger partial charge in [0.15, 0.2) is 35.1 Å². The number of nitrogens with two attached hydrogens (primary N) is 1. The summed E-state index contributed by atoms with van der Waals surface area (Å²) in [5.74, 6) is 0.989. The Kier molecular flexibility index (Phi) is 6.19. The number of benzene rings is 1. The summed E-state index contributed by atoms with van der Waals surface area (Å²) >= 11 is 0. The van der Waals surface area contributed by atoms with Gasteiger partial charge in [-0.3, -0.25) is 28.0 Å². The van der Waals surface area contributed by atoms with Crippen molar-refractivity contribution in [2.45, 2.75) is 39.8 Å². The normalized spacial score (nSPS) is 12.4. The quantitative estimate of drug-likeness (QED) is 0.353. The van der Waals surface area contributed by atoms with Gasteiger partial charge >= 0.3 is 5.69 Å². The minimum Gasteiger partial charge on any atom is -0.467 e. The minimum atomic E-state index is -0.639. The van der Waals surface area contributed by atoms with E-state index in [1.54, 1.807) is 35.9 Å². The summed E-state index contributed by atoms with van der Waals surface area (Å²) in [7, 11) is 1.68. The van der Waals surface area contributed by atoms with Crippen LogP contribution in [0.15, 0.2) is 33.9 Å². The van der Waals surface area contributed by atoms with Gasteiger partial charge in [0.2, 0.25) is 12.7 Å². The van der Waals surface area contributed by atoms with Gasteiger partial charge in [0.25, 0.3) is 11.5 Å². The van der Waals surface area contributed by atoms with Gasteiger partial charge in [-0.05, 0) is 25.0 Å². The number of nitrogens with zero attached hydrogens (tertiary/aromatic N) is 6. The number of hydrogen-bond donors (Lipinski definition) is 1. The molecule has 0 unspecified atom stereocenters. The Hall–Kier alpha value is -4.55. The SMILES string of the molecule is CCCn1c(=O)c2c(nc(-c3cc(OCC(N)=O)nn3C)n2-c2ccc3c(c2)OCO3)n(CCC)c1=O. The number of primary amides is 1. The predicted octanol–water partition coefficient (Wildman–Crippen LogP) is 1.16. The lowest BCUT2D eigenvalue weighted by atomic mass is 10.2. The molecule has 1 aliphatic rings. The molecule has 0 fully saturated rings. The van der Waals surface area contributed by atoms with Gasteiger partial charge in [-0.15, -0.1) is 5.10 Å². The second-order valence-corrected chi connectivity index (χ2v) is 8.62. The number of ether oxygens (including phenoxy) is 3. The molecule has 13 nitrogen and oxygen atoms in total. The average molecular weight is 510 g/mol. The van der Waals surface area contributed by atoms with Crippen LogP contribution in [0.25, 0.3) is 28.4 Å². The summed E-state index contributed by atoms with van der Waals surface area (Å²) in [6, 6.07) is 6.90. The second-order valence-electron chi connectivity index (χ2n) is 8.62. The smallest absolute Gasteiger partial charge is 0.332 e. The van der Waals surface area contributed by atoms with E-state index in [1.165, 1.54) is 13.8 Å². The molecule has 0 aliphatic carbocycles. The van der Waals surface area contributed by atoms with Gasteiger partial charge in [-0.1, -0.05) is 13.8 Å². The van der Waals surface area contributed by atoms with Crippen LogP contribution in [0.3, 0.4) is 0 Å². The van der Waals surface area contributed by atoms with E-state index in [0.717, 1.165) is 0 Å². The Morgan fingerprint density at radius 3 is 2.54 bits per heavy atom. The zero-order valence-electron chi connectivity index (χ0n) is 20.8. The number of hydrogen-bond acceptors (Lipinski definition) is 8. The highest BCUT2D eigenvalue weighted by Gasteiger charge is 2.26. The highest BCUT2D eigenvalue weighted by atomic mass is 16.7. The first-order valence-electron chi connectivity index (χ1n) is 12.0. The van der Waals surface area contributed by atoms with Crippen LogP contribution in [0, 0.1) is 0 Å². The van der Waals surface area contributed by atoms with E-state index < -0.39 is 17.2 Å². The van der Waals surface area contributed by atoms with Crippen LogP contribution in [-0.4, -0.2) is 47.8 Å². The molecule has 4 heterocycles. The molecule has 0 saturated carbocycles. The number of rotatable bonds is 9. The number of imidazole rings is 1. The molecular weight excluding hydrogens is 482 g/mol. The van der Waals surface area contributed by atoms with Crippen LogP contribution >= 0.6 is 0 Å². The number of fused-ring (bicyclic) bond motifs is 2. The van der Waals surface area contributed by atoms with Gasteiger partial charge in [0, 0.05) is 32.3 Å². The first-order valence-corrected chi connectivity index (χ1v) is 12.0. The van der Waals surface area contributed by atoms with Gasteiger partial charge in [-0.25, -0.2) is 9.78 Å². The average Bonchev–Trinajstić information content (AvgIpc) is 3.59. The Morgan fingerprint density at radius 2 is 1.81 bits per heavy atom. The van der Waals surface area contributed by atoms with Crippen molar-refractivity contribution in [3.63, 3.8) is 0 Å². The number of carbonyl (C=O) groups is 1. The Bertz CT molecular complexity index is 1630.